The maximum atomic E-state index is 15.7. The Morgan fingerprint density at radius 2 is 1.70 bits per heavy atom. The lowest BCUT2D eigenvalue weighted by molar-refractivity contribution is -0.356. The van der Waals surface area contributed by atoms with Gasteiger partial charge in [0.2, 0.25) is 0 Å². The molecule has 5 aliphatic rings. The normalized spacial score (nSPS) is 39.8. The fraction of sp³-hybridized carbons (Fsp3) is 0.744. The molecule has 2 bridgehead atoms. The molecule has 278 valence electrons. The molecule has 1 aromatic rings. The summed E-state index contributed by atoms with van der Waals surface area (Å²) in [6.45, 7) is 23.9. The molecule has 3 aliphatic carbocycles. The number of aliphatic hydroxyl groups is 1. The van der Waals surface area contributed by atoms with Crippen LogP contribution in [0.5, 0.6) is 0 Å². The van der Waals surface area contributed by atoms with E-state index in [1.165, 1.54) is 6.92 Å². The number of benzene rings is 1. The molecule has 2 aliphatic heterocycles. The van der Waals surface area contributed by atoms with Crippen LogP contribution in [0, 0.1) is 16.7 Å². The Hall–Kier alpha value is -1.96. The first-order chi connectivity index (χ1) is 23.0. The maximum Gasteiger partial charge on any atom is 0.303 e. The zero-order valence-corrected chi connectivity index (χ0v) is 33.2. The van der Waals surface area contributed by atoms with Crippen molar-refractivity contribution in [3.63, 3.8) is 0 Å². The number of ether oxygens (including phenoxy) is 6. The molecule has 10 atom stereocenters. The molecule has 0 amide bonds. The van der Waals surface area contributed by atoms with Crippen LogP contribution in [0.1, 0.15) is 93.9 Å². The van der Waals surface area contributed by atoms with Crippen LogP contribution >= 0.6 is 0 Å². The van der Waals surface area contributed by atoms with E-state index in [1.807, 2.05) is 58.0 Å². The lowest BCUT2D eigenvalue weighted by atomic mass is 9.44. The van der Waals surface area contributed by atoms with Gasteiger partial charge < -0.3 is 38.0 Å². The summed E-state index contributed by atoms with van der Waals surface area (Å²) < 4.78 is 46.4. The quantitative estimate of drug-likeness (QED) is 0.147. The van der Waals surface area contributed by atoms with Crippen molar-refractivity contribution in [2.75, 3.05) is 13.7 Å². The van der Waals surface area contributed by atoms with E-state index < -0.39 is 84.8 Å². The number of hydrogen-bond acceptors (Lipinski definition) is 10. The summed E-state index contributed by atoms with van der Waals surface area (Å²) in [6, 6.07) is 9.75. The second-order valence-corrected chi connectivity index (χ2v) is 22.7. The zero-order chi connectivity index (χ0) is 37.0. The number of carbonyl (C=O) groups excluding carboxylic acids is 2. The summed E-state index contributed by atoms with van der Waals surface area (Å²) in [5, 5.41) is 12.7. The van der Waals surface area contributed by atoms with E-state index in [4.69, 9.17) is 32.8 Å². The molecule has 11 heteroatoms. The molecular formula is C39H58O10Si. The lowest BCUT2D eigenvalue weighted by Gasteiger charge is -2.67. The van der Waals surface area contributed by atoms with E-state index in [-0.39, 0.29) is 23.8 Å². The molecule has 2 heterocycles. The van der Waals surface area contributed by atoms with Crippen LogP contribution in [-0.2, 0) is 42.4 Å². The summed E-state index contributed by atoms with van der Waals surface area (Å²) in [5.41, 5.74) is -2.65. The van der Waals surface area contributed by atoms with E-state index >= 15 is 4.79 Å². The molecule has 2 saturated heterocycles. The van der Waals surface area contributed by atoms with E-state index in [0.29, 0.717) is 12.0 Å². The highest BCUT2D eigenvalue weighted by atomic mass is 28.4. The first-order valence-electron chi connectivity index (χ1n) is 18.0. The number of Topliss-reactive ketones (excluding diaryl/α,β-unsaturated/α-hetero) is 1. The Morgan fingerprint density at radius 3 is 2.24 bits per heavy atom. The highest BCUT2D eigenvalue weighted by molar-refractivity contribution is 6.74. The molecule has 1 aromatic carbocycles. The van der Waals surface area contributed by atoms with Gasteiger partial charge in [0.1, 0.15) is 11.2 Å². The Morgan fingerprint density at radius 1 is 1.06 bits per heavy atom. The first kappa shape index (κ1) is 37.8. The van der Waals surface area contributed by atoms with Crippen LogP contribution in [0.4, 0.5) is 0 Å². The summed E-state index contributed by atoms with van der Waals surface area (Å²) >= 11 is 0. The smallest absolute Gasteiger partial charge is 0.303 e. The number of hydrogen-bond donors (Lipinski definition) is 1. The van der Waals surface area contributed by atoms with Gasteiger partial charge in [0.15, 0.2) is 32.3 Å². The number of methoxy groups -OCH3 is 1. The van der Waals surface area contributed by atoms with Crippen molar-refractivity contribution >= 4 is 20.1 Å². The molecule has 50 heavy (non-hydrogen) atoms. The van der Waals surface area contributed by atoms with Crippen molar-refractivity contribution in [3.8, 4) is 0 Å². The average Bonchev–Trinajstić information content (AvgIpc) is 3.39. The molecule has 4 fully saturated rings. The third-order valence-electron chi connectivity index (χ3n) is 13.4. The minimum Gasteiger partial charge on any atom is -0.450 e. The van der Waals surface area contributed by atoms with Gasteiger partial charge in [-0.25, -0.2) is 0 Å². The summed E-state index contributed by atoms with van der Waals surface area (Å²) in [5.74, 6) is -2.91. The summed E-state index contributed by atoms with van der Waals surface area (Å²) in [7, 11) is -0.850. The standard InChI is InChI=1S/C39H58O10Si/c1-22-25(49-50(12,13)34(3,4)5)20-39-32(46-33(48-39)24-17-15-14-16-18-24)30-37(10,31(41)29(45-23(2)40)28(22)35(39,6)7)26(47-36(8,9)43-11)19-27-38(30,42)21-44-27/h14-18,25-27,29-30,32-33,42H,19-21H2,1-13H3/t25-,26-,27+,29+,30-,32-,33-,37+,38-,39+/m0/s1. The fourth-order valence-corrected chi connectivity index (χ4v) is 10.6. The lowest BCUT2D eigenvalue weighted by Crippen LogP contribution is -2.80. The van der Waals surface area contributed by atoms with Gasteiger partial charge >= 0.3 is 5.97 Å². The first-order valence-corrected chi connectivity index (χ1v) is 20.9. The van der Waals surface area contributed by atoms with Gasteiger partial charge in [-0.15, -0.1) is 0 Å². The van der Waals surface area contributed by atoms with E-state index in [2.05, 4.69) is 33.9 Å². The summed E-state index contributed by atoms with van der Waals surface area (Å²) in [4.78, 5) is 28.8. The van der Waals surface area contributed by atoms with Crippen LogP contribution in [0.3, 0.4) is 0 Å². The summed E-state index contributed by atoms with van der Waals surface area (Å²) in [6.07, 6.45) is -4.18. The van der Waals surface area contributed by atoms with Crippen LogP contribution in [0.2, 0.25) is 18.1 Å². The minimum atomic E-state index is -2.40. The third-order valence-corrected chi connectivity index (χ3v) is 17.9. The van der Waals surface area contributed by atoms with Crippen molar-refractivity contribution in [3.05, 3.63) is 47.0 Å². The Kier molecular flexibility index (Phi) is 9.09. The van der Waals surface area contributed by atoms with Gasteiger partial charge in [0.05, 0.1) is 36.4 Å². The number of fused-ring (bicyclic) bond motifs is 5. The van der Waals surface area contributed by atoms with E-state index in [0.717, 1.165) is 11.1 Å². The number of carbonyl (C=O) groups is 2. The predicted molar refractivity (Wildman–Crippen MR) is 188 cm³/mol. The van der Waals surface area contributed by atoms with Crippen LogP contribution < -0.4 is 0 Å². The second-order valence-electron chi connectivity index (χ2n) is 18.0. The molecule has 6 rings (SSSR count). The Balaban J connectivity index is 1.67. The van der Waals surface area contributed by atoms with Gasteiger partial charge in [0.25, 0.3) is 0 Å². The average molecular weight is 715 g/mol. The molecule has 1 N–H and O–H groups in total. The molecule has 0 aromatic heterocycles. The van der Waals surface area contributed by atoms with Crippen molar-refractivity contribution < 1.29 is 47.5 Å². The highest BCUT2D eigenvalue weighted by Crippen LogP contribution is 2.68. The third kappa shape index (κ3) is 5.44. The van der Waals surface area contributed by atoms with Gasteiger partial charge in [-0.2, -0.15) is 0 Å². The Bertz CT molecular complexity index is 1550. The molecule has 10 nitrogen and oxygen atoms in total. The van der Waals surface area contributed by atoms with Gasteiger partial charge in [0, 0.05) is 43.8 Å². The largest absolute Gasteiger partial charge is 0.450 e. The van der Waals surface area contributed by atoms with Crippen LogP contribution in [0.15, 0.2) is 41.5 Å². The van der Waals surface area contributed by atoms with Crippen LogP contribution in [0.25, 0.3) is 0 Å². The minimum absolute atomic E-state index is 0.0157. The van der Waals surface area contributed by atoms with E-state index in [1.54, 1.807) is 21.0 Å². The molecule has 0 unspecified atom stereocenters. The fourth-order valence-electron chi connectivity index (χ4n) is 9.31. The SMILES string of the molecule is COC(C)(C)O[C@H]1C[C@H]2OC[C@@]2(O)[C@H]2[C@@H]3O[C@H](c4ccccc4)O[C@]34C[C@H](O[Si](C)(C)C(C)(C)C)C(C)=C([C@@H](OC(C)=O)C(=O)[C@]12C)C4(C)C. The van der Waals surface area contributed by atoms with Gasteiger partial charge in [-0.3, -0.25) is 9.59 Å². The monoisotopic (exact) mass is 714 g/mol. The molecule has 2 saturated carbocycles. The van der Waals surface area contributed by atoms with Crippen LogP contribution in [-0.4, -0.2) is 86.4 Å². The topological polar surface area (TPSA) is 119 Å². The highest BCUT2D eigenvalue weighted by Gasteiger charge is 2.79. The maximum absolute atomic E-state index is 15.7. The second kappa shape index (κ2) is 12.0. The number of esters is 1. The van der Waals surface area contributed by atoms with Gasteiger partial charge in [-0.1, -0.05) is 65.0 Å². The van der Waals surface area contributed by atoms with Crippen molar-refractivity contribution in [2.24, 2.45) is 16.7 Å². The van der Waals surface area contributed by atoms with Crippen molar-refractivity contribution in [1.82, 2.24) is 0 Å². The number of ketones is 1. The van der Waals surface area contributed by atoms with Crippen molar-refractivity contribution in [2.45, 2.75) is 154 Å². The number of rotatable bonds is 7. The van der Waals surface area contributed by atoms with Gasteiger partial charge in [-0.05, 0) is 57.0 Å². The predicted octanol–water partition coefficient (Wildman–Crippen LogP) is 6.41. The molecule has 0 radical (unpaired) electrons. The molecule has 1 spiro atoms. The Labute approximate surface area is 298 Å². The molecular weight excluding hydrogens is 657 g/mol. The van der Waals surface area contributed by atoms with E-state index in [9.17, 15) is 9.90 Å². The van der Waals surface area contributed by atoms with Crippen molar-refractivity contribution in [1.29, 1.82) is 0 Å². The zero-order valence-electron chi connectivity index (χ0n) is 32.2.